The predicted molar refractivity (Wildman–Crippen MR) is 87.3 cm³/mol. The first kappa shape index (κ1) is 15.4. The molecule has 0 heterocycles. The van der Waals surface area contributed by atoms with E-state index < -0.39 is 0 Å². The van der Waals surface area contributed by atoms with Crippen molar-refractivity contribution >= 4 is 27.5 Å². The molecule has 0 radical (unpaired) electrons. The first-order valence-electron chi connectivity index (χ1n) is 6.51. The fourth-order valence-corrected chi connectivity index (χ4v) is 2.19. The normalized spacial score (nSPS) is 10.5. The highest BCUT2D eigenvalue weighted by Crippen LogP contribution is 2.15. The topological polar surface area (TPSA) is 21.3 Å². The van der Waals surface area contributed by atoms with E-state index in [1.807, 2.05) is 24.3 Å². The van der Waals surface area contributed by atoms with Crippen molar-refractivity contribution in [3.05, 3.63) is 64.1 Å². The Morgan fingerprint density at radius 3 is 2.25 bits per heavy atom. The van der Waals surface area contributed by atoms with E-state index in [2.05, 4.69) is 45.5 Å². The van der Waals surface area contributed by atoms with Gasteiger partial charge in [-0.05, 0) is 35.4 Å². The van der Waals surface area contributed by atoms with Crippen molar-refractivity contribution in [1.29, 1.82) is 0 Å². The Bertz CT molecular complexity index is 513. The summed E-state index contributed by atoms with van der Waals surface area (Å²) in [6, 6.07) is 16.2. The lowest BCUT2D eigenvalue weighted by Crippen LogP contribution is -2.20. The van der Waals surface area contributed by atoms with Gasteiger partial charge >= 0.3 is 0 Å². The van der Waals surface area contributed by atoms with Crippen LogP contribution in [0.15, 0.2) is 53.0 Å². The molecular formula is C16H17BrClNO. The second kappa shape index (κ2) is 8.30. The SMILES string of the molecule is ClCc1ccc(CNCCOc2ccc(Br)cc2)cc1. The van der Waals surface area contributed by atoms with Crippen LogP contribution in [0.5, 0.6) is 5.75 Å². The molecule has 2 rings (SSSR count). The Labute approximate surface area is 133 Å². The summed E-state index contributed by atoms with van der Waals surface area (Å²) in [5, 5.41) is 3.35. The Hall–Kier alpha value is -1.03. The van der Waals surface area contributed by atoms with Crippen LogP contribution in [-0.2, 0) is 12.4 Å². The number of ether oxygens (including phenoxy) is 1. The van der Waals surface area contributed by atoms with Crippen molar-refractivity contribution in [2.45, 2.75) is 12.4 Å². The van der Waals surface area contributed by atoms with Gasteiger partial charge in [0.15, 0.2) is 0 Å². The Morgan fingerprint density at radius 1 is 0.950 bits per heavy atom. The second-order valence-corrected chi connectivity index (χ2v) is 5.61. The third-order valence-electron chi connectivity index (χ3n) is 2.87. The molecule has 0 aliphatic rings. The summed E-state index contributed by atoms with van der Waals surface area (Å²) in [5.41, 5.74) is 2.40. The van der Waals surface area contributed by atoms with Gasteiger partial charge in [0, 0.05) is 23.4 Å². The minimum atomic E-state index is 0.564. The van der Waals surface area contributed by atoms with Crippen molar-refractivity contribution in [2.24, 2.45) is 0 Å². The quantitative estimate of drug-likeness (QED) is 0.589. The van der Waals surface area contributed by atoms with E-state index in [9.17, 15) is 0 Å². The molecular weight excluding hydrogens is 338 g/mol. The number of halogens is 2. The number of rotatable bonds is 7. The molecule has 4 heteroatoms. The Kier molecular flexibility index (Phi) is 6.37. The molecule has 20 heavy (non-hydrogen) atoms. The minimum absolute atomic E-state index is 0.564. The molecule has 0 aliphatic heterocycles. The van der Waals surface area contributed by atoms with Crippen LogP contribution in [-0.4, -0.2) is 13.2 Å². The standard InChI is InChI=1S/C16H17BrClNO/c17-15-5-7-16(8-6-15)20-10-9-19-12-14-3-1-13(11-18)2-4-14/h1-8,19H,9-12H2. The number of benzene rings is 2. The van der Waals surface area contributed by atoms with E-state index in [0.717, 1.165) is 28.9 Å². The van der Waals surface area contributed by atoms with Gasteiger partial charge < -0.3 is 10.1 Å². The molecule has 0 saturated carbocycles. The van der Waals surface area contributed by atoms with Crippen LogP contribution in [0.3, 0.4) is 0 Å². The van der Waals surface area contributed by atoms with E-state index in [1.165, 1.54) is 5.56 Å². The minimum Gasteiger partial charge on any atom is -0.492 e. The van der Waals surface area contributed by atoms with Crippen molar-refractivity contribution in [3.63, 3.8) is 0 Å². The van der Waals surface area contributed by atoms with Crippen LogP contribution >= 0.6 is 27.5 Å². The van der Waals surface area contributed by atoms with Crippen LogP contribution < -0.4 is 10.1 Å². The lowest BCUT2D eigenvalue weighted by Gasteiger charge is -2.08. The lowest BCUT2D eigenvalue weighted by atomic mass is 10.1. The predicted octanol–water partition coefficient (Wildman–Crippen LogP) is 4.36. The molecule has 2 aromatic rings. The zero-order chi connectivity index (χ0) is 14.2. The molecule has 106 valence electrons. The fourth-order valence-electron chi connectivity index (χ4n) is 1.75. The molecule has 0 unspecified atom stereocenters. The maximum atomic E-state index is 5.76. The number of hydrogen-bond acceptors (Lipinski definition) is 2. The lowest BCUT2D eigenvalue weighted by molar-refractivity contribution is 0.313. The molecule has 1 N–H and O–H groups in total. The van der Waals surface area contributed by atoms with Crippen molar-refractivity contribution < 1.29 is 4.74 Å². The summed E-state index contributed by atoms with van der Waals surface area (Å²) in [6.07, 6.45) is 0. The van der Waals surface area contributed by atoms with Gasteiger partial charge in [-0.25, -0.2) is 0 Å². The largest absolute Gasteiger partial charge is 0.492 e. The van der Waals surface area contributed by atoms with Gasteiger partial charge in [0.1, 0.15) is 12.4 Å². The average molecular weight is 355 g/mol. The summed E-state index contributed by atoms with van der Waals surface area (Å²) in [4.78, 5) is 0. The third kappa shape index (κ3) is 5.16. The molecule has 0 aromatic heterocycles. The molecule has 0 spiro atoms. The molecule has 0 fully saturated rings. The van der Waals surface area contributed by atoms with Gasteiger partial charge in [-0.1, -0.05) is 40.2 Å². The fraction of sp³-hybridized carbons (Fsp3) is 0.250. The highest BCUT2D eigenvalue weighted by molar-refractivity contribution is 9.10. The van der Waals surface area contributed by atoms with E-state index in [4.69, 9.17) is 16.3 Å². The Morgan fingerprint density at radius 2 is 1.60 bits per heavy atom. The van der Waals surface area contributed by atoms with Crippen LogP contribution in [0.4, 0.5) is 0 Å². The molecule has 0 aliphatic carbocycles. The number of hydrogen-bond donors (Lipinski definition) is 1. The number of alkyl halides is 1. The van der Waals surface area contributed by atoms with E-state index >= 15 is 0 Å². The van der Waals surface area contributed by atoms with Crippen LogP contribution in [0.1, 0.15) is 11.1 Å². The molecule has 0 saturated heterocycles. The first-order chi connectivity index (χ1) is 9.78. The third-order valence-corrected chi connectivity index (χ3v) is 3.70. The summed E-state index contributed by atoms with van der Waals surface area (Å²) >= 11 is 9.16. The van der Waals surface area contributed by atoms with Gasteiger partial charge in [0.05, 0.1) is 0 Å². The molecule has 0 bridgehead atoms. The maximum absolute atomic E-state index is 5.76. The van der Waals surface area contributed by atoms with Gasteiger partial charge in [0.25, 0.3) is 0 Å². The summed E-state index contributed by atoms with van der Waals surface area (Å²) in [6.45, 7) is 2.31. The summed E-state index contributed by atoms with van der Waals surface area (Å²) in [5.74, 6) is 1.45. The van der Waals surface area contributed by atoms with Crippen molar-refractivity contribution in [2.75, 3.05) is 13.2 Å². The average Bonchev–Trinajstić information content (AvgIpc) is 2.49. The monoisotopic (exact) mass is 353 g/mol. The zero-order valence-corrected chi connectivity index (χ0v) is 13.5. The highest BCUT2D eigenvalue weighted by Gasteiger charge is 1.96. The van der Waals surface area contributed by atoms with E-state index in [-0.39, 0.29) is 0 Å². The van der Waals surface area contributed by atoms with Crippen LogP contribution in [0, 0.1) is 0 Å². The van der Waals surface area contributed by atoms with E-state index in [1.54, 1.807) is 0 Å². The van der Waals surface area contributed by atoms with Gasteiger partial charge in [-0.3, -0.25) is 0 Å². The molecule has 0 amide bonds. The molecule has 2 nitrogen and oxygen atoms in total. The van der Waals surface area contributed by atoms with Crippen LogP contribution in [0.2, 0.25) is 0 Å². The zero-order valence-electron chi connectivity index (χ0n) is 11.1. The van der Waals surface area contributed by atoms with Gasteiger partial charge in [-0.15, -0.1) is 11.6 Å². The van der Waals surface area contributed by atoms with Crippen LogP contribution in [0.25, 0.3) is 0 Å². The highest BCUT2D eigenvalue weighted by atomic mass is 79.9. The molecule has 2 aromatic carbocycles. The van der Waals surface area contributed by atoms with Gasteiger partial charge in [-0.2, -0.15) is 0 Å². The van der Waals surface area contributed by atoms with Gasteiger partial charge in [0.2, 0.25) is 0 Å². The second-order valence-electron chi connectivity index (χ2n) is 4.43. The van der Waals surface area contributed by atoms with Crippen molar-refractivity contribution in [1.82, 2.24) is 5.32 Å². The van der Waals surface area contributed by atoms with E-state index in [0.29, 0.717) is 12.5 Å². The van der Waals surface area contributed by atoms with Crippen molar-refractivity contribution in [3.8, 4) is 5.75 Å². The Balaban J connectivity index is 1.64. The molecule has 0 atom stereocenters. The summed E-state index contributed by atoms with van der Waals surface area (Å²) in [7, 11) is 0. The summed E-state index contributed by atoms with van der Waals surface area (Å²) < 4.78 is 6.69. The number of nitrogens with one attached hydrogen (secondary N) is 1. The first-order valence-corrected chi connectivity index (χ1v) is 7.83. The smallest absolute Gasteiger partial charge is 0.119 e. The maximum Gasteiger partial charge on any atom is 0.119 e.